The van der Waals surface area contributed by atoms with E-state index in [4.69, 9.17) is 4.74 Å². The van der Waals surface area contributed by atoms with E-state index in [1.165, 1.54) is 24.3 Å². The van der Waals surface area contributed by atoms with E-state index in [0.29, 0.717) is 45.8 Å². The molecule has 2 aliphatic rings. The van der Waals surface area contributed by atoms with Crippen LogP contribution in [0.5, 0.6) is 5.75 Å². The van der Waals surface area contributed by atoms with E-state index in [1.807, 2.05) is 6.20 Å². The average Bonchev–Trinajstić information content (AvgIpc) is 3.39. The molecule has 3 aromatic rings. The highest BCUT2D eigenvalue weighted by Gasteiger charge is 2.35. The molecule has 2 amide bonds. The summed E-state index contributed by atoms with van der Waals surface area (Å²) < 4.78 is 62.3. The Kier molecular flexibility index (Phi) is 7.05. The van der Waals surface area contributed by atoms with Gasteiger partial charge in [-0.1, -0.05) is 12.1 Å². The summed E-state index contributed by atoms with van der Waals surface area (Å²) in [4.78, 5) is 21.5. The fourth-order valence-corrected chi connectivity index (χ4v) is 4.91. The molecule has 5 rings (SSSR count). The summed E-state index contributed by atoms with van der Waals surface area (Å²) in [6.45, 7) is 2.87. The van der Waals surface area contributed by atoms with Crippen molar-refractivity contribution in [3.05, 3.63) is 78.1 Å². The van der Waals surface area contributed by atoms with Gasteiger partial charge in [-0.25, -0.2) is 14.2 Å². The number of rotatable bonds is 4. The van der Waals surface area contributed by atoms with Crippen LogP contribution in [0.25, 0.3) is 5.69 Å². The molecule has 7 nitrogen and oxygen atoms in total. The number of likely N-dealkylation sites (tertiary alicyclic amines) is 1. The van der Waals surface area contributed by atoms with Crippen LogP contribution in [0.2, 0.25) is 0 Å². The second kappa shape index (κ2) is 10.4. The number of alkyl halides is 3. The number of carbonyl (C=O) groups excluding carboxylic acids is 1. The van der Waals surface area contributed by atoms with Crippen LogP contribution in [-0.4, -0.2) is 71.1 Å². The van der Waals surface area contributed by atoms with E-state index in [1.54, 1.807) is 45.0 Å². The lowest BCUT2D eigenvalue weighted by molar-refractivity contribution is -0.274. The van der Waals surface area contributed by atoms with Gasteiger partial charge in [-0.15, -0.1) is 13.2 Å². The topological polar surface area (TPSA) is 59.8 Å². The van der Waals surface area contributed by atoms with Gasteiger partial charge in [0, 0.05) is 49.9 Å². The van der Waals surface area contributed by atoms with Crippen molar-refractivity contribution < 1.29 is 31.8 Å². The summed E-state index contributed by atoms with van der Waals surface area (Å²) in [7, 11) is 0. The van der Waals surface area contributed by atoms with E-state index < -0.39 is 6.36 Å². The number of imidazole rings is 1. The molecule has 0 saturated carbocycles. The molecule has 2 saturated heterocycles. The van der Waals surface area contributed by atoms with Crippen LogP contribution in [0.4, 0.5) is 22.4 Å². The summed E-state index contributed by atoms with van der Waals surface area (Å²) in [5.41, 5.74) is 2.36. The molecule has 11 heteroatoms. The highest BCUT2D eigenvalue weighted by molar-refractivity contribution is 5.75. The zero-order chi connectivity index (χ0) is 26.0. The maximum absolute atomic E-state index is 13.4. The molecule has 0 radical (unpaired) electrons. The Labute approximate surface area is 211 Å². The Balaban J connectivity index is 1.39. The number of piperidine rings is 1. The van der Waals surface area contributed by atoms with Crippen LogP contribution in [0, 0.1) is 5.82 Å². The second-order valence-corrected chi connectivity index (χ2v) is 9.22. The smallest absolute Gasteiger partial charge is 0.406 e. The van der Waals surface area contributed by atoms with Gasteiger partial charge in [0.1, 0.15) is 11.6 Å². The van der Waals surface area contributed by atoms with Gasteiger partial charge in [0.15, 0.2) is 0 Å². The first-order chi connectivity index (χ1) is 17.7. The third-order valence-electron chi connectivity index (χ3n) is 6.73. The Morgan fingerprint density at radius 1 is 0.946 bits per heavy atom. The largest absolute Gasteiger partial charge is 0.573 e. The molecule has 0 N–H and O–H groups in total. The van der Waals surface area contributed by atoms with Crippen LogP contribution >= 0.6 is 0 Å². The maximum Gasteiger partial charge on any atom is 0.573 e. The van der Waals surface area contributed by atoms with E-state index in [2.05, 4.69) is 9.72 Å². The standard InChI is InChI=1S/C26H26F4N4O3/c27-21-3-5-22(6-4-21)34-16-24(31-17-34)20-13-19(18-1-7-23(8-2-18)37-26(28,29)30)14-33(15-20)25(35)32-9-11-36-12-10-32/h1-8,16-17,19-20H,9-15H2. The van der Waals surface area contributed by atoms with Crippen molar-refractivity contribution in [1.82, 2.24) is 19.4 Å². The number of amides is 2. The highest BCUT2D eigenvalue weighted by Crippen LogP contribution is 2.37. The number of morpholine rings is 1. The first-order valence-corrected chi connectivity index (χ1v) is 12.0. The molecule has 37 heavy (non-hydrogen) atoms. The second-order valence-electron chi connectivity index (χ2n) is 9.22. The number of hydrogen-bond donors (Lipinski definition) is 0. The summed E-state index contributed by atoms with van der Waals surface area (Å²) >= 11 is 0. The van der Waals surface area contributed by atoms with Crippen molar-refractivity contribution in [2.45, 2.75) is 24.6 Å². The number of benzene rings is 2. The van der Waals surface area contributed by atoms with Crippen molar-refractivity contribution in [2.75, 3.05) is 39.4 Å². The van der Waals surface area contributed by atoms with Crippen LogP contribution in [0.3, 0.4) is 0 Å². The highest BCUT2D eigenvalue weighted by atomic mass is 19.4. The zero-order valence-electron chi connectivity index (χ0n) is 19.9. The minimum Gasteiger partial charge on any atom is -0.406 e. The van der Waals surface area contributed by atoms with E-state index in [9.17, 15) is 22.4 Å². The minimum atomic E-state index is -4.76. The molecule has 0 spiro atoms. The fraction of sp³-hybridized carbons (Fsp3) is 0.385. The number of ether oxygens (including phenoxy) is 2. The lowest BCUT2D eigenvalue weighted by Gasteiger charge is -2.40. The predicted octanol–water partition coefficient (Wildman–Crippen LogP) is 4.94. The summed E-state index contributed by atoms with van der Waals surface area (Å²) in [5, 5.41) is 0. The monoisotopic (exact) mass is 518 g/mol. The van der Waals surface area contributed by atoms with Crippen molar-refractivity contribution in [2.24, 2.45) is 0 Å². The molecular formula is C26H26F4N4O3. The van der Waals surface area contributed by atoms with Crippen molar-refractivity contribution in [3.8, 4) is 11.4 Å². The molecule has 2 aromatic carbocycles. The van der Waals surface area contributed by atoms with Crippen LogP contribution in [0.1, 0.15) is 29.5 Å². The lowest BCUT2D eigenvalue weighted by Crippen LogP contribution is -2.52. The van der Waals surface area contributed by atoms with Gasteiger partial charge in [0.2, 0.25) is 0 Å². The number of nitrogens with zero attached hydrogens (tertiary/aromatic N) is 4. The first-order valence-electron chi connectivity index (χ1n) is 12.0. The predicted molar refractivity (Wildman–Crippen MR) is 126 cm³/mol. The van der Waals surface area contributed by atoms with Gasteiger partial charge in [-0.05, 0) is 48.4 Å². The van der Waals surface area contributed by atoms with Gasteiger partial charge in [0.05, 0.1) is 25.2 Å². The van der Waals surface area contributed by atoms with Gasteiger partial charge in [0.25, 0.3) is 0 Å². The summed E-state index contributed by atoms with van der Waals surface area (Å²) in [6.07, 6.45) is -0.573. The van der Waals surface area contributed by atoms with Crippen LogP contribution in [0.15, 0.2) is 61.1 Å². The molecule has 0 bridgehead atoms. The van der Waals surface area contributed by atoms with Crippen LogP contribution in [-0.2, 0) is 4.74 Å². The number of halogens is 4. The number of carbonyl (C=O) groups is 1. The van der Waals surface area contributed by atoms with Gasteiger partial charge < -0.3 is 23.8 Å². The van der Waals surface area contributed by atoms with E-state index in [0.717, 1.165) is 16.9 Å². The maximum atomic E-state index is 13.4. The number of hydrogen-bond acceptors (Lipinski definition) is 4. The molecule has 2 aliphatic heterocycles. The van der Waals surface area contributed by atoms with E-state index in [-0.39, 0.29) is 29.4 Å². The molecule has 2 atom stereocenters. The summed E-state index contributed by atoms with van der Waals surface area (Å²) in [5.74, 6) is -0.831. The van der Waals surface area contributed by atoms with Gasteiger partial charge in [-0.2, -0.15) is 0 Å². The van der Waals surface area contributed by atoms with Crippen molar-refractivity contribution in [1.29, 1.82) is 0 Å². The summed E-state index contributed by atoms with van der Waals surface area (Å²) in [6, 6.07) is 11.8. The van der Waals surface area contributed by atoms with Gasteiger partial charge >= 0.3 is 12.4 Å². The Morgan fingerprint density at radius 2 is 1.62 bits per heavy atom. The fourth-order valence-electron chi connectivity index (χ4n) is 4.91. The molecule has 3 heterocycles. The minimum absolute atomic E-state index is 0.0898. The average molecular weight is 519 g/mol. The number of aromatic nitrogens is 2. The molecular weight excluding hydrogens is 492 g/mol. The Hall–Kier alpha value is -3.60. The van der Waals surface area contributed by atoms with E-state index >= 15 is 0 Å². The SMILES string of the molecule is O=C(N1CCOCC1)N1CC(c2ccc(OC(F)(F)F)cc2)CC(c2cn(-c3ccc(F)cc3)cn2)C1. The Morgan fingerprint density at radius 3 is 2.30 bits per heavy atom. The van der Waals surface area contributed by atoms with Gasteiger partial charge in [-0.3, -0.25) is 0 Å². The van der Waals surface area contributed by atoms with Crippen molar-refractivity contribution in [3.63, 3.8) is 0 Å². The lowest BCUT2D eigenvalue weighted by atomic mass is 9.83. The quantitative estimate of drug-likeness (QED) is 0.460. The molecule has 2 fully saturated rings. The first kappa shape index (κ1) is 25.1. The Bertz CT molecular complexity index is 1210. The third-order valence-corrected chi connectivity index (χ3v) is 6.73. The molecule has 2 unspecified atom stereocenters. The van der Waals surface area contributed by atoms with Crippen LogP contribution < -0.4 is 4.74 Å². The zero-order valence-corrected chi connectivity index (χ0v) is 19.9. The third kappa shape index (κ3) is 6.04. The molecule has 1 aromatic heterocycles. The molecule has 0 aliphatic carbocycles. The molecule has 196 valence electrons. The normalized spacial score (nSPS) is 20.6. The number of urea groups is 1. The van der Waals surface area contributed by atoms with Crippen molar-refractivity contribution >= 4 is 6.03 Å².